The number of likely N-dealkylation sites (tertiary alicyclic amines) is 1. The van der Waals surface area contributed by atoms with Crippen molar-refractivity contribution in [1.29, 1.82) is 0 Å². The van der Waals surface area contributed by atoms with Crippen LogP contribution in [0.3, 0.4) is 0 Å². The minimum absolute atomic E-state index is 0. The Kier molecular flexibility index (Phi) is 7.31. The number of nitrogens with zero attached hydrogens (tertiary/aromatic N) is 2. The number of carbonyl (C=O) groups is 1. The summed E-state index contributed by atoms with van der Waals surface area (Å²) < 4.78 is 0.988. The van der Waals surface area contributed by atoms with E-state index in [9.17, 15) is 4.79 Å². The van der Waals surface area contributed by atoms with Crippen molar-refractivity contribution in [2.24, 2.45) is 11.8 Å². The molecule has 1 amide bonds. The fourth-order valence-electron chi connectivity index (χ4n) is 4.10. The highest BCUT2D eigenvalue weighted by Crippen LogP contribution is 2.29. The predicted octanol–water partition coefficient (Wildman–Crippen LogP) is 4.22. The minimum Gasteiger partial charge on any atom is -0.339 e. The minimum atomic E-state index is 0. The summed E-state index contributed by atoms with van der Waals surface area (Å²) in [5.74, 6) is 1.62. The van der Waals surface area contributed by atoms with Crippen LogP contribution in [0, 0.1) is 18.8 Å². The van der Waals surface area contributed by atoms with Crippen molar-refractivity contribution in [3.8, 4) is 0 Å². The summed E-state index contributed by atoms with van der Waals surface area (Å²) in [5, 5.41) is 4.43. The Balaban J connectivity index is 0.00000121. The average molecular weight is 461 g/mol. The van der Waals surface area contributed by atoms with Gasteiger partial charge in [0.2, 0.25) is 0 Å². The highest BCUT2D eigenvalue weighted by molar-refractivity contribution is 9.10. The van der Waals surface area contributed by atoms with E-state index in [0.29, 0.717) is 0 Å². The third kappa shape index (κ3) is 4.16. The number of pyridine rings is 1. The molecule has 4 rings (SSSR count). The monoisotopic (exact) mass is 459 g/mol. The van der Waals surface area contributed by atoms with Gasteiger partial charge in [-0.3, -0.25) is 9.78 Å². The smallest absolute Gasteiger partial charge is 0.254 e. The van der Waals surface area contributed by atoms with Gasteiger partial charge in [-0.15, -0.1) is 24.8 Å². The van der Waals surface area contributed by atoms with E-state index < -0.39 is 0 Å². The van der Waals surface area contributed by atoms with Gasteiger partial charge >= 0.3 is 0 Å². The number of hydrogen-bond donors (Lipinski definition) is 1. The molecule has 142 valence electrons. The molecule has 0 unspecified atom stereocenters. The zero-order valence-corrected chi connectivity index (χ0v) is 17.9. The second kappa shape index (κ2) is 8.87. The van der Waals surface area contributed by atoms with Crippen molar-refractivity contribution >= 4 is 57.6 Å². The van der Waals surface area contributed by atoms with E-state index in [-0.39, 0.29) is 30.7 Å². The Morgan fingerprint density at radius 3 is 2.46 bits per heavy atom. The molecule has 3 heterocycles. The van der Waals surface area contributed by atoms with Gasteiger partial charge in [-0.25, -0.2) is 0 Å². The quantitative estimate of drug-likeness (QED) is 0.692. The lowest BCUT2D eigenvalue weighted by atomic mass is 9.92. The fourth-order valence-corrected chi connectivity index (χ4v) is 4.45. The van der Waals surface area contributed by atoms with Crippen molar-refractivity contribution in [2.75, 3.05) is 26.2 Å². The molecule has 2 aliphatic heterocycles. The third-order valence-electron chi connectivity index (χ3n) is 5.44. The molecular weight excluding hydrogens is 437 g/mol. The van der Waals surface area contributed by atoms with E-state index >= 15 is 0 Å². The van der Waals surface area contributed by atoms with Gasteiger partial charge in [-0.05, 0) is 62.9 Å². The van der Waals surface area contributed by atoms with E-state index in [1.165, 1.54) is 0 Å². The fraction of sp³-hybridized carbons (Fsp3) is 0.474. The summed E-state index contributed by atoms with van der Waals surface area (Å²) in [6.07, 6.45) is 2.22. The normalized spacial score (nSPS) is 22.2. The summed E-state index contributed by atoms with van der Waals surface area (Å²) in [4.78, 5) is 19.8. The van der Waals surface area contributed by atoms with Crippen molar-refractivity contribution < 1.29 is 4.79 Å². The first kappa shape index (κ1) is 21.4. The molecule has 7 heteroatoms. The highest BCUT2D eigenvalue weighted by atomic mass is 79.9. The maximum Gasteiger partial charge on any atom is 0.254 e. The summed E-state index contributed by atoms with van der Waals surface area (Å²) in [5.41, 5.74) is 2.55. The SMILES string of the molecule is Cc1cc(C(=O)N2CC[C@@H]3CNC[C@@H]3CC2)c2ccc(Br)cc2n1.Cl.Cl. The first-order chi connectivity index (χ1) is 11.6. The summed E-state index contributed by atoms with van der Waals surface area (Å²) in [6, 6.07) is 7.90. The maximum absolute atomic E-state index is 13.2. The number of nitrogens with one attached hydrogen (secondary N) is 1. The third-order valence-corrected chi connectivity index (χ3v) is 5.93. The number of hydrogen-bond acceptors (Lipinski definition) is 3. The zero-order valence-electron chi connectivity index (χ0n) is 14.7. The zero-order chi connectivity index (χ0) is 16.7. The van der Waals surface area contributed by atoms with Gasteiger partial charge < -0.3 is 10.2 Å². The van der Waals surface area contributed by atoms with Gasteiger partial charge in [0.1, 0.15) is 0 Å². The first-order valence-electron chi connectivity index (χ1n) is 8.69. The van der Waals surface area contributed by atoms with Crippen LogP contribution in [-0.2, 0) is 0 Å². The molecule has 0 saturated carbocycles. The Morgan fingerprint density at radius 2 is 1.81 bits per heavy atom. The average Bonchev–Trinajstić information content (AvgIpc) is 2.91. The van der Waals surface area contributed by atoms with Gasteiger partial charge in [0.05, 0.1) is 11.1 Å². The summed E-state index contributed by atoms with van der Waals surface area (Å²) in [6.45, 7) is 5.90. The lowest BCUT2D eigenvalue weighted by molar-refractivity contribution is 0.0760. The summed E-state index contributed by atoms with van der Waals surface area (Å²) >= 11 is 3.49. The molecular formula is C19H24BrCl2N3O. The first-order valence-corrected chi connectivity index (χ1v) is 9.48. The molecule has 0 bridgehead atoms. The molecule has 1 aromatic carbocycles. The predicted molar refractivity (Wildman–Crippen MR) is 114 cm³/mol. The number of aryl methyl sites for hydroxylation is 1. The van der Waals surface area contributed by atoms with E-state index in [0.717, 1.165) is 77.5 Å². The number of carbonyl (C=O) groups excluding carboxylic acids is 1. The Morgan fingerprint density at radius 1 is 1.15 bits per heavy atom. The van der Waals surface area contributed by atoms with Crippen LogP contribution in [0.5, 0.6) is 0 Å². The number of amides is 1. The van der Waals surface area contributed by atoms with Crippen LogP contribution in [0.1, 0.15) is 28.9 Å². The van der Waals surface area contributed by atoms with Crippen LogP contribution >= 0.6 is 40.7 Å². The van der Waals surface area contributed by atoms with E-state index in [1.807, 2.05) is 31.2 Å². The molecule has 2 aliphatic rings. The molecule has 1 N–H and O–H groups in total. The number of aromatic nitrogens is 1. The maximum atomic E-state index is 13.2. The van der Waals surface area contributed by atoms with Crippen molar-refractivity contribution in [1.82, 2.24) is 15.2 Å². The largest absolute Gasteiger partial charge is 0.339 e. The van der Waals surface area contributed by atoms with E-state index in [1.54, 1.807) is 0 Å². The molecule has 0 spiro atoms. The molecule has 2 saturated heterocycles. The van der Waals surface area contributed by atoms with E-state index in [2.05, 4.69) is 31.1 Å². The van der Waals surface area contributed by atoms with Gasteiger partial charge in [0.15, 0.2) is 0 Å². The lowest BCUT2D eigenvalue weighted by Crippen LogP contribution is -2.33. The number of rotatable bonds is 1. The van der Waals surface area contributed by atoms with Gasteiger partial charge in [0.25, 0.3) is 5.91 Å². The van der Waals surface area contributed by atoms with Crippen LogP contribution in [0.25, 0.3) is 10.9 Å². The van der Waals surface area contributed by atoms with Crippen LogP contribution in [0.4, 0.5) is 0 Å². The molecule has 0 radical (unpaired) electrons. The summed E-state index contributed by atoms with van der Waals surface area (Å²) in [7, 11) is 0. The highest BCUT2D eigenvalue weighted by Gasteiger charge is 2.32. The molecule has 2 aromatic rings. The molecule has 2 fully saturated rings. The number of halogens is 3. The Bertz CT molecular complexity index is 782. The van der Waals surface area contributed by atoms with Crippen molar-refractivity contribution in [3.05, 3.63) is 40.0 Å². The Labute approximate surface area is 175 Å². The molecule has 26 heavy (non-hydrogen) atoms. The molecule has 2 atom stereocenters. The second-order valence-corrected chi connectivity index (χ2v) is 7.94. The molecule has 4 nitrogen and oxygen atoms in total. The topological polar surface area (TPSA) is 45.2 Å². The standard InChI is InChI=1S/C19H22BrN3O.2ClH/c1-12-8-17(16-3-2-15(20)9-18(16)22-12)19(24)23-6-4-13-10-21-11-14(13)5-7-23;;/h2-3,8-9,13-14,21H,4-7,10-11H2,1H3;2*1H/t13-,14+;;. The van der Waals surface area contributed by atoms with Crippen LogP contribution in [0.15, 0.2) is 28.7 Å². The lowest BCUT2D eigenvalue weighted by Gasteiger charge is -2.22. The van der Waals surface area contributed by atoms with Crippen molar-refractivity contribution in [3.63, 3.8) is 0 Å². The molecule has 0 aliphatic carbocycles. The van der Waals surface area contributed by atoms with Gasteiger partial charge in [0, 0.05) is 28.6 Å². The Hall–Kier alpha value is -0.880. The second-order valence-electron chi connectivity index (χ2n) is 7.02. The van der Waals surface area contributed by atoms with Crippen LogP contribution in [-0.4, -0.2) is 42.0 Å². The van der Waals surface area contributed by atoms with Crippen LogP contribution in [0.2, 0.25) is 0 Å². The van der Waals surface area contributed by atoms with Gasteiger partial charge in [-0.1, -0.05) is 22.0 Å². The molecule has 1 aromatic heterocycles. The van der Waals surface area contributed by atoms with Crippen molar-refractivity contribution in [2.45, 2.75) is 19.8 Å². The van der Waals surface area contributed by atoms with Crippen LogP contribution < -0.4 is 5.32 Å². The van der Waals surface area contributed by atoms with E-state index in [4.69, 9.17) is 0 Å². The van der Waals surface area contributed by atoms with Gasteiger partial charge in [-0.2, -0.15) is 0 Å². The number of fused-ring (bicyclic) bond motifs is 2. The number of benzene rings is 1.